The monoisotopic (exact) mass is 446 g/mol. The molecule has 2 aliphatic rings. The molecule has 0 bridgehead atoms. The van der Waals surface area contributed by atoms with Crippen molar-refractivity contribution >= 4 is 23.5 Å². The maximum absolute atomic E-state index is 11.6. The van der Waals surface area contributed by atoms with Crippen LogP contribution in [-0.4, -0.2) is 49.2 Å². The molecule has 1 saturated heterocycles. The van der Waals surface area contributed by atoms with Gasteiger partial charge in [-0.2, -0.15) is 0 Å². The van der Waals surface area contributed by atoms with Gasteiger partial charge in [0.15, 0.2) is 0 Å². The van der Waals surface area contributed by atoms with Crippen molar-refractivity contribution in [3.8, 4) is 0 Å². The molecule has 1 unspecified atom stereocenters. The molecule has 1 amide bonds. The second-order valence-corrected chi connectivity index (χ2v) is 9.13. The average molecular weight is 447 g/mol. The molecule has 2 aromatic carbocycles. The molecule has 4 N–H and O–H groups in total. The van der Waals surface area contributed by atoms with Crippen LogP contribution in [0.1, 0.15) is 30.5 Å². The highest BCUT2D eigenvalue weighted by atomic mass is 16.1. The lowest BCUT2D eigenvalue weighted by Crippen LogP contribution is -2.49. The summed E-state index contributed by atoms with van der Waals surface area (Å²) in [6.07, 6.45) is 3.18. The third-order valence-corrected chi connectivity index (χ3v) is 6.56. The minimum absolute atomic E-state index is 0.342. The summed E-state index contributed by atoms with van der Waals surface area (Å²) in [6, 6.07) is 15.2. The molecule has 4 rings (SSSR count). The lowest BCUT2D eigenvalue weighted by Gasteiger charge is -2.38. The van der Waals surface area contributed by atoms with Crippen LogP contribution in [0.15, 0.2) is 59.2 Å². The molecule has 33 heavy (non-hydrogen) atoms. The van der Waals surface area contributed by atoms with E-state index in [1.54, 1.807) is 12.4 Å². The lowest BCUT2D eigenvalue weighted by molar-refractivity contribution is -0.114. The van der Waals surface area contributed by atoms with Gasteiger partial charge in [-0.25, -0.2) is 4.99 Å². The van der Waals surface area contributed by atoms with E-state index < -0.39 is 11.7 Å². The van der Waals surface area contributed by atoms with Gasteiger partial charge < -0.3 is 21.3 Å². The number of piperazine rings is 1. The Hall–Kier alpha value is -3.32. The number of nitrogens with one attached hydrogen (secondary N) is 2. The van der Waals surface area contributed by atoms with E-state index in [9.17, 15) is 4.79 Å². The zero-order valence-corrected chi connectivity index (χ0v) is 19.9. The van der Waals surface area contributed by atoms with Crippen LogP contribution >= 0.6 is 0 Å². The molecule has 0 spiro atoms. The quantitative estimate of drug-likeness (QED) is 0.635. The summed E-state index contributed by atoms with van der Waals surface area (Å²) < 4.78 is 0. The average Bonchev–Trinajstić information content (AvgIpc) is 2.80. The first-order valence-electron chi connectivity index (χ1n) is 11.6. The van der Waals surface area contributed by atoms with E-state index >= 15 is 0 Å². The highest BCUT2D eigenvalue weighted by Crippen LogP contribution is 2.33. The van der Waals surface area contributed by atoms with Gasteiger partial charge in [0.1, 0.15) is 0 Å². The molecule has 2 aromatic rings. The third-order valence-electron chi connectivity index (χ3n) is 6.56. The Morgan fingerprint density at radius 3 is 2.21 bits per heavy atom. The van der Waals surface area contributed by atoms with Crippen molar-refractivity contribution < 1.29 is 4.79 Å². The molecular formula is C26H34N6O. The summed E-state index contributed by atoms with van der Waals surface area (Å²) in [7, 11) is 0. The Morgan fingerprint density at radius 1 is 1.06 bits per heavy atom. The number of primary amides is 1. The van der Waals surface area contributed by atoms with Gasteiger partial charge in [0.05, 0.1) is 5.57 Å². The number of rotatable bonds is 6. The fraction of sp³-hybridized carbons (Fsp3) is 0.385. The van der Waals surface area contributed by atoms with Gasteiger partial charge >= 0.3 is 0 Å². The number of nitrogens with zero attached hydrogens (tertiary/aromatic N) is 3. The number of hydrogen-bond donors (Lipinski definition) is 3. The molecule has 7 heteroatoms. The maximum atomic E-state index is 11.6. The van der Waals surface area contributed by atoms with Crippen molar-refractivity contribution in [2.75, 3.05) is 36.4 Å². The van der Waals surface area contributed by atoms with Crippen LogP contribution < -0.4 is 21.3 Å². The summed E-state index contributed by atoms with van der Waals surface area (Å²) >= 11 is 0. The van der Waals surface area contributed by atoms with Crippen LogP contribution in [0.4, 0.5) is 11.4 Å². The van der Waals surface area contributed by atoms with Gasteiger partial charge in [-0.3, -0.25) is 9.69 Å². The summed E-state index contributed by atoms with van der Waals surface area (Å²) in [5, 5.41) is 6.89. The van der Waals surface area contributed by atoms with Gasteiger partial charge in [0, 0.05) is 61.6 Å². The predicted octanol–water partition coefficient (Wildman–Crippen LogP) is 3.10. The fourth-order valence-electron chi connectivity index (χ4n) is 4.67. The number of aryl methyl sites for hydroxylation is 2. The molecule has 174 valence electrons. The largest absolute Gasteiger partial charge is 0.369 e. The predicted molar refractivity (Wildman–Crippen MR) is 135 cm³/mol. The first-order chi connectivity index (χ1) is 15.8. The van der Waals surface area contributed by atoms with Crippen molar-refractivity contribution in [2.24, 2.45) is 10.7 Å². The van der Waals surface area contributed by atoms with Crippen LogP contribution in [0.5, 0.6) is 0 Å². The van der Waals surface area contributed by atoms with E-state index in [0.717, 1.165) is 48.6 Å². The molecular weight excluding hydrogens is 412 g/mol. The molecule has 0 aromatic heterocycles. The molecule has 0 saturated carbocycles. The van der Waals surface area contributed by atoms with Crippen LogP contribution in [-0.2, 0) is 10.6 Å². The Kier molecular flexibility index (Phi) is 6.42. The number of hydrogen-bond acceptors (Lipinski definition) is 6. The van der Waals surface area contributed by atoms with Gasteiger partial charge in [-0.1, -0.05) is 18.2 Å². The Balaban J connectivity index is 1.58. The first kappa shape index (κ1) is 22.9. The molecule has 2 aliphatic heterocycles. The number of amides is 1. The Morgan fingerprint density at radius 2 is 1.70 bits per heavy atom. The van der Waals surface area contributed by atoms with E-state index in [4.69, 9.17) is 10.7 Å². The number of nitrogens with two attached hydrogens (primary N) is 1. The van der Waals surface area contributed by atoms with E-state index in [1.165, 1.54) is 5.69 Å². The molecule has 1 fully saturated rings. The smallest absolute Gasteiger partial charge is 0.251 e. The van der Waals surface area contributed by atoms with Crippen LogP contribution in [0, 0.1) is 13.8 Å². The Bertz CT molecular complexity index is 1050. The molecule has 2 heterocycles. The number of benzene rings is 2. The lowest BCUT2D eigenvalue weighted by atomic mass is 9.95. The zero-order valence-electron chi connectivity index (χ0n) is 19.9. The number of carbonyl (C=O) groups is 1. The maximum Gasteiger partial charge on any atom is 0.251 e. The summed E-state index contributed by atoms with van der Waals surface area (Å²) in [6.45, 7) is 12.9. The SMILES string of the molecule is Cc1cccc(C)c1C1(Nc2ccc(N3CCN(C(C)C)CC3)cc2)N=CC(C(N)=O)=CN1. The number of carbonyl (C=O) groups excluding carboxylic acids is 1. The Labute approximate surface area is 196 Å². The van der Waals surface area contributed by atoms with E-state index in [2.05, 4.69) is 84.5 Å². The zero-order chi connectivity index (χ0) is 23.6. The van der Waals surface area contributed by atoms with E-state index in [0.29, 0.717) is 11.6 Å². The second-order valence-electron chi connectivity index (χ2n) is 9.13. The first-order valence-corrected chi connectivity index (χ1v) is 11.6. The number of aliphatic imine (C=N–C) groups is 1. The van der Waals surface area contributed by atoms with Crippen molar-refractivity contribution in [3.63, 3.8) is 0 Å². The van der Waals surface area contributed by atoms with E-state index in [-0.39, 0.29) is 0 Å². The van der Waals surface area contributed by atoms with Crippen molar-refractivity contribution in [1.82, 2.24) is 10.2 Å². The van der Waals surface area contributed by atoms with Crippen molar-refractivity contribution in [2.45, 2.75) is 39.5 Å². The van der Waals surface area contributed by atoms with Crippen LogP contribution in [0.25, 0.3) is 0 Å². The third kappa shape index (κ3) is 4.73. The van der Waals surface area contributed by atoms with Gasteiger partial charge in [-0.15, -0.1) is 0 Å². The topological polar surface area (TPSA) is 86.0 Å². The van der Waals surface area contributed by atoms with E-state index in [1.807, 2.05) is 6.07 Å². The minimum Gasteiger partial charge on any atom is -0.369 e. The molecule has 0 radical (unpaired) electrons. The molecule has 7 nitrogen and oxygen atoms in total. The highest BCUT2D eigenvalue weighted by Gasteiger charge is 2.35. The van der Waals surface area contributed by atoms with Gasteiger partial charge in [0.2, 0.25) is 5.79 Å². The minimum atomic E-state index is -0.932. The van der Waals surface area contributed by atoms with Crippen LogP contribution in [0.3, 0.4) is 0 Å². The van der Waals surface area contributed by atoms with Crippen molar-refractivity contribution in [1.29, 1.82) is 0 Å². The summed E-state index contributed by atoms with van der Waals surface area (Å²) in [5.74, 6) is -1.44. The molecule has 1 atom stereocenters. The summed E-state index contributed by atoms with van der Waals surface area (Å²) in [5.41, 5.74) is 11.2. The van der Waals surface area contributed by atoms with Gasteiger partial charge in [-0.05, 0) is 63.1 Å². The van der Waals surface area contributed by atoms with Gasteiger partial charge in [0.25, 0.3) is 5.91 Å². The van der Waals surface area contributed by atoms with Crippen LogP contribution in [0.2, 0.25) is 0 Å². The normalized spacial score (nSPS) is 21.0. The fourth-order valence-corrected chi connectivity index (χ4v) is 4.67. The summed E-state index contributed by atoms with van der Waals surface area (Å²) in [4.78, 5) is 21.3. The second kappa shape index (κ2) is 9.27. The standard InChI is InChI=1S/C26H34N6O/c1-18(2)31-12-14-32(15-13-31)23-10-8-22(9-11-23)30-26(24-19(3)6-5-7-20(24)4)28-16-21(17-29-26)25(27)33/h5-11,16-18,28,30H,12-15H2,1-4H3,(H2,27,33). The molecule has 0 aliphatic carbocycles. The van der Waals surface area contributed by atoms with Crippen molar-refractivity contribution in [3.05, 3.63) is 70.9 Å². The highest BCUT2D eigenvalue weighted by molar-refractivity contribution is 6.11. The number of anilines is 2.